The third-order valence-corrected chi connectivity index (χ3v) is 3.09. The average molecular weight is 285 g/mol. The van der Waals surface area contributed by atoms with Crippen molar-refractivity contribution in [1.82, 2.24) is 4.98 Å². The summed E-state index contributed by atoms with van der Waals surface area (Å²) < 4.78 is 11.1. The number of nitrogens with zero attached hydrogens (tertiary/aromatic N) is 1. The van der Waals surface area contributed by atoms with Crippen molar-refractivity contribution in [3.63, 3.8) is 0 Å². The minimum absolute atomic E-state index is 0.0151. The topological polar surface area (TPSA) is 81.2 Å². The van der Waals surface area contributed by atoms with Gasteiger partial charge in [0.1, 0.15) is 5.84 Å². The van der Waals surface area contributed by atoms with Gasteiger partial charge in [-0.25, -0.2) is 4.98 Å². The minimum atomic E-state index is -0.0151. The Balaban J connectivity index is 2.35. The van der Waals surface area contributed by atoms with Crippen LogP contribution >= 0.6 is 0 Å². The maximum Gasteiger partial charge on any atom is 0.220 e. The van der Waals surface area contributed by atoms with Crippen LogP contribution in [0.1, 0.15) is 23.7 Å². The van der Waals surface area contributed by atoms with Gasteiger partial charge in [-0.2, -0.15) is 0 Å². The fraction of sp³-hybridized carbons (Fsp3) is 0.250. The number of aryl methyl sites for hydroxylation is 2. The van der Waals surface area contributed by atoms with E-state index in [1.54, 1.807) is 19.2 Å². The molecule has 21 heavy (non-hydrogen) atoms. The summed E-state index contributed by atoms with van der Waals surface area (Å²) in [7, 11) is 1.60. The molecule has 2 rings (SSSR count). The normalized spacial score (nSPS) is 10.2. The van der Waals surface area contributed by atoms with E-state index >= 15 is 0 Å². The van der Waals surface area contributed by atoms with E-state index in [1.165, 1.54) is 5.56 Å². The zero-order chi connectivity index (χ0) is 15.4. The van der Waals surface area contributed by atoms with Gasteiger partial charge in [-0.3, -0.25) is 5.41 Å². The van der Waals surface area contributed by atoms with E-state index in [1.807, 2.05) is 25.1 Å². The molecule has 0 unspecified atom stereocenters. The van der Waals surface area contributed by atoms with Crippen LogP contribution in [0.2, 0.25) is 0 Å². The van der Waals surface area contributed by atoms with E-state index in [9.17, 15) is 0 Å². The van der Waals surface area contributed by atoms with Crippen LogP contribution in [0.5, 0.6) is 17.4 Å². The van der Waals surface area contributed by atoms with E-state index in [0.29, 0.717) is 22.9 Å². The number of ether oxygens (including phenoxy) is 2. The largest absolute Gasteiger partial charge is 0.493 e. The molecular weight excluding hydrogens is 266 g/mol. The second-order valence-corrected chi connectivity index (χ2v) is 4.69. The zero-order valence-corrected chi connectivity index (χ0v) is 12.4. The number of nitrogens with one attached hydrogen (secondary N) is 1. The van der Waals surface area contributed by atoms with Crippen LogP contribution < -0.4 is 15.2 Å². The number of benzene rings is 1. The van der Waals surface area contributed by atoms with E-state index in [-0.39, 0.29) is 5.84 Å². The van der Waals surface area contributed by atoms with E-state index in [0.717, 1.165) is 12.1 Å². The predicted octanol–water partition coefficient (Wildman–Crippen LogP) is 3.04. The molecule has 0 saturated heterocycles. The van der Waals surface area contributed by atoms with Crippen molar-refractivity contribution in [1.29, 1.82) is 5.41 Å². The van der Waals surface area contributed by atoms with Crippen LogP contribution in [0.25, 0.3) is 0 Å². The number of pyridine rings is 1. The zero-order valence-electron chi connectivity index (χ0n) is 12.4. The highest BCUT2D eigenvalue weighted by Gasteiger charge is 2.09. The molecule has 0 aliphatic carbocycles. The van der Waals surface area contributed by atoms with Crippen LogP contribution in [-0.2, 0) is 6.42 Å². The molecule has 0 saturated carbocycles. The number of nitrogen functional groups attached to an aromatic ring is 1. The fourth-order valence-corrected chi connectivity index (χ4v) is 1.97. The first kappa shape index (κ1) is 14.8. The molecule has 0 bridgehead atoms. The van der Waals surface area contributed by atoms with Crippen molar-refractivity contribution >= 4 is 5.84 Å². The third kappa shape index (κ3) is 3.51. The van der Waals surface area contributed by atoms with Gasteiger partial charge >= 0.3 is 0 Å². The Bertz CT molecular complexity index is 669. The quantitative estimate of drug-likeness (QED) is 0.653. The average Bonchev–Trinajstić information content (AvgIpc) is 2.47. The number of methoxy groups -OCH3 is 1. The summed E-state index contributed by atoms with van der Waals surface area (Å²) in [5, 5.41) is 7.51. The maximum absolute atomic E-state index is 7.51. The van der Waals surface area contributed by atoms with Gasteiger partial charge in [0.25, 0.3) is 0 Å². The van der Waals surface area contributed by atoms with Gasteiger partial charge in [-0.15, -0.1) is 0 Å². The molecule has 0 atom stereocenters. The SMILES string of the molecule is CCc1ccc(Oc2cc(C(=N)N)cc(C)n2)c(OC)c1. The molecule has 2 aromatic rings. The lowest BCUT2D eigenvalue weighted by molar-refractivity contribution is 0.373. The highest BCUT2D eigenvalue weighted by atomic mass is 16.5. The molecular formula is C16H19N3O2. The summed E-state index contributed by atoms with van der Waals surface area (Å²) in [5.41, 5.74) is 8.00. The Labute approximate surface area is 124 Å². The van der Waals surface area contributed by atoms with E-state index in [4.69, 9.17) is 20.6 Å². The van der Waals surface area contributed by atoms with Gasteiger partial charge in [0.2, 0.25) is 5.88 Å². The molecule has 0 amide bonds. The third-order valence-electron chi connectivity index (χ3n) is 3.09. The van der Waals surface area contributed by atoms with Crippen LogP contribution in [-0.4, -0.2) is 17.9 Å². The number of nitrogens with two attached hydrogens (primary N) is 1. The van der Waals surface area contributed by atoms with Crippen molar-refractivity contribution < 1.29 is 9.47 Å². The Kier molecular flexibility index (Phi) is 4.42. The minimum Gasteiger partial charge on any atom is -0.493 e. The van der Waals surface area contributed by atoms with Gasteiger partial charge < -0.3 is 15.2 Å². The second kappa shape index (κ2) is 6.26. The van der Waals surface area contributed by atoms with Gasteiger partial charge in [-0.1, -0.05) is 13.0 Å². The number of hydrogen-bond acceptors (Lipinski definition) is 4. The summed E-state index contributed by atoms with van der Waals surface area (Å²) >= 11 is 0. The Morgan fingerprint density at radius 1 is 1.24 bits per heavy atom. The summed E-state index contributed by atoms with van der Waals surface area (Å²) in [5.74, 6) is 1.62. The summed E-state index contributed by atoms with van der Waals surface area (Å²) in [6, 6.07) is 9.17. The molecule has 5 heteroatoms. The number of rotatable bonds is 5. The van der Waals surface area contributed by atoms with Crippen molar-refractivity contribution in [3.05, 3.63) is 47.2 Å². The van der Waals surface area contributed by atoms with Crippen molar-refractivity contribution in [2.24, 2.45) is 5.73 Å². The fourth-order valence-electron chi connectivity index (χ4n) is 1.97. The lowest BCUT2D eigenvalue weighted by atomic mass is 10.1. The highest BCUT2D eigenvalue weighted by molar-refractivity contribution is 5.95. The molecule has 1 aromatic heterocycles. The number of amidine groups is 1. The van der Waals surface area contributed by atoms with Crippen LogP contribution in [0.3, 0.4) is 0 Å². The summed E-state index contributed by atoms with van der Waals surface area (Å²) in [6.45, 7) is 3.91. The Hall–Kier alpha value is -2.56. The maximum atomic E-state index is 7.51. The highest BCUT2D eigenvalue weighted by Crippen LogP contribution is 2.32. The summed E-state index contributed by atoms with van der Waals surface area (Å²) in [4.78, 5) is 4.30. The number of hydrogen-bond donors (Lipinski definition) is 2. The predicted molar refractivity (Wildman–Crippen MR) is 82.4 cm³/mol. The summed E-state index contributed by atoms with van der Waals surface area (Å²) in [6.07, 6.45) is 0.924. The van der Waals surface area contributed by atoms with Crippen molar-refractivity contribution in [2.45, 2.75) is 20.3 Å². The molecule has 0 radical (unpaired) electrons. The first-order valence-electron chi connectivity index (χ1n) is 6.71. The molecule has 110 valence electrons. The molecule has 0 fully saturated rings. The molecule has 0 aliphatic heterocycles. The van der Waals surface area contributed by atoms with Gasteiger partial charge in [0.05, 0.1) is 7.11 Å². The molecule has 1 aromatic carbocycles. The smallest absolute Gasteiger partial charge is 0.220 e. The van der Waals surface area contributed by atoms with Crippen LogP contribution in [0.4, 0.5) is 0 Å². The molecule has 1 heterocycles. The standard InChI is InChI=1S/C16H19N3O2/c1-4-11-5-6-13(14(8-11)20-3)21-15-9-12(16(17)18)7-10(2)19-15/h5-9H,4H2,1-3H3,(H3,17,18). The molecule has 5 nitrogen and oxygen atoms in total. The van der Waals surface area contributed by atoms with Crippen LogP contribution in [0, 0.1) is 12.3 Å². The van der Waals surface area contributed by atoms with Gasteiger partial charge in [0, 0.05) is 17.3 Å². The molecule has 0 aliphatic rings. The van der Waals surface area contributed by atoms with Crippen molar-refractivity contribution in [2.75, 3.05) is 7.11 Å². The monoisotopic (exact) mass is 285 g/mol. The van der Waals surface area contributed by atoms with Gasteiger partial charge in [0.15, 0.2) is 11.5 Å². The first-order chi connectivity index (χ1) is 10.0. The lowest BCUT2D eigenvalue weighted by Gasteiger charge is -2.12. The molecule has 3 N–H and O–H groups in total. The van der Waals surface area contributed by atoms with E-state index in [2.05, 4.69) is 11.9 Å². The lowest BCUT2D eigenvalue weighted by Crippen LogP contribution is -2.11. The second-order valence-electron chi connectivity index (χ2n) is 4.69. The van der Waals surface area contributed by atoms with Crippen molar-refractivity contribution in [3.8, 4) is 17.4 Å². The Morgan fingerprint density at radius 2 is 2.00 bits per heavy atom. The van der Waals surface area contributed by atoms with Gasteiger partial charge in [-0.05, 0) is 37.1 Å². The van der Waals surface area contributed by atoms with E-state index < -0.39 is 0 Å². The number of aromatic nitrogens is 1. The van der Waals surface area contributed by atoms with Crippen LogP contribution in [0.15, 0.2) is 30.3 Å². The Morgan fingerprint density at radius 3 is 2.62 bits per heavy atom. The molecule has 0 spiro atoms. The first-order valence-corrected chi connectivity index (χ1v) is 6.71.